The van der Waals surface area contributed by atoms with Crippen molar-refractivity contribution in [3.63, 3.8) is 0 Å². The number of carbonyl (C=O) groups is 1. The van der Waals surface area contributed by atoms with Crippen molar-refractivity contribution in [3.05, 3.63) is 101 Å². The molecule has 1 N–H and O–H groups in total. The fourth-order valence-corrected chi connectivity index (χ4v) is 6.23. The molecule has 0 saturated heterocycles. The molecule has 3 atom stereocenters. The molecule has 4 rings (SSSR count). The van der Waals surface area contributed by atoms with E-state index in [0.717, 1.165) is 48.5 Å². The van der Waals surface area contributed by atoms with Crippen molar-refractivity contribution in [2.24, 2.45) is 11.8 Å². The molecule has 7 heteroatoms. The Morgan fingerprint density at radius 3 is 2.19 bits per heavy atom. The summed E-state index contributed by atoms with van der Waals surface area (Å²) in [4.78, 5) is 14.0. The predicted octanol–water partition coefficient (Wildman–Crippen LogP) is 6.81. The molecular formula is C36H41NO5S. The molecule has 0 saturated carbocycles. The first-order valence-corrected chi connectivity index (χ1v) is 16.6. The molecule has 0 aromatic heterocycles. The normalized spacial score (nSPS) is 15.9. The zero-order valence-corrected chi connectivity index (χ0v) is 26.2. The molecular weight excluding hydrogens is 558 g/mol. The van der Waals surface area contributed by atoms with E-state index in [1.54, 1.807) is 19.1 Å². The third-order valence-corrected chi connectivity index (χ3v) is 9.27. The Labute approximate surface area is 256 Å². The van der Waals surface area contributed by atoms with Crippen LogP contribution in [0.5, 0.6) is 5.75 Å². The number of hydrogen-bond donors (Lipinski definition) is 1. The first-order chi connectivity index (χ1) is 20.5. The van der Waals surface area contributed by atoms with Crippen molar-refractivity contribution >= 4 is 21.4 Å². The van der Waals surface area contributed by atoms with Crippen LogP contribution < -0.4 is 4.74 Å². The first-order valence-electron chi connectivity index (χ1n) is 14.7. The van der Waals surface area contributed by atoms with Gasteiger partial charge in [-0.2, -0.15) is 0 Å². The fourth-order valence-electron chi connectivity index (χ4n) is 5.60. The van der Waals surface area contributed by atoms with Gasteiger partial charge in [-0.25, -0.2) is 8.42 Å². The van der Waals surface area contributed by atoms with E-state index in [4.69, 9.17) is 4.74 Å². The summed E-state index contributed by atoms with van der Waals surface area (Å²) in [7, 11) is -3.18. The minimum absolute atomic E-state index is 0.0319. The van der Waals surface area contributed by atoms with Crippen molar-refractivity contribution in [3.8, 4) is 17.6 Å². The van der Waals surface area contributed by atoms with Gasteiger partial charge in [0.2, 0.25) is 0 Å². The number of carboxylic acid groups (broad SMARTS) is 1. The van der Waals surface area contributed by atoms with Gasteiger partial charge in [0.25, 0.3) is 0 Å². The second kappa shape index (κ2) is 14.5. The lowest BCUT2D eigenvalue weighted by atomic mass is 9.78. The Hall–Kier alpha value is -3.86. The smallest absolute Gasteiger partial charge is 0.303 e. The lowest BCUT2D eigenvalue weighted by Crippen LogP contribution is -2.28. The van der Waals surface area contributed by atoms with Gasteiger partial charge in [0.05, 0.1) is 4.90 Å². The molecule has 43 heavy (non-hydrogen) atoms. The quantitative estimate of drug-likeness (QED) is 0.230. The highest BCUT2D eigenvalue weighted by atomic mass is 32.2. The Balaban J connectivity index is 1.27. The molecule has 0 bridgehead atoms. The highest BCUT2D eigenvalue weighted by Crippen LogP contribution is 2.32. The number of sulfone groups is 1. The zero-order valence-electron chi connectivity index (χ0n) is 25.4. The number of rotatable bonds is 12. The summed E-state index contributed by atoms with van der Waals surface area (Å²) in [6, 6.07) is 23.7. The molecule has 1 aliphatic rings. The third kappa shape index (κ3) is 9.06. The molecule has 1 heterocycles. The van der Waals surface area contributed by atoms with E-state index >= 15 is 0 Å². The lowest BCUT2D eigenvalue weighted by molar-refractivity contribution is -0.138. The minimum atomic E-state index is -3.18. The molecule has 3 aromatic rings. The van der Waals surface area contributed by atoms with Gasteiger partial charge in [0.15, 0.2) is 9.84 Å². The average molecular weight is 600 g/mol. The number of aliphatic carboxylic acids is 1. The zero-order chi connectivity index (χ0) is 31.0. The van der Waals surface area contributed by atoms with Crippen molar-refractivity contribution in [2.75, 3.05) is 19.3 Å². The Bertz CT molecular complexity index is 1580. The van der Waals surface area contributed by atoms with Crippen molar-refractivity contribution in [1.29, 1.82) is 0 Å². The van der Waals surface area contributed by atoms with Crippen LogP contribution in [0.1, 0.15) is 61.8 Å². The first kappa shape index (κ1) is 32.1. The SMILES string of the molecule is CC#C[C@@H](C(C)CC(=O)O)C(C)c1ccc(OCc2ccc(CN3CC=C(c4ccc(S(C)(=O)=O)cc4)CC3)cc2)cc1. The van der Waals surface area contributed by atoms with Crippen LogP contribution in [0.2, 0.25) is 0 Å². The van der Waals surface area contributed by atoms with Crippen molar-refractivity contribution in [2.45, 2.75) is 57.6 Å². The van der Waals surface area contributed by atoms with Crippen LogP contribution in [0.15, 0.2) is 83.8 Å². The van der Waals surface area contributed by atoms with Crippen LogP contribution in [0.4, 0.5) is 0 Å². The maximum absolute atomic E-state index is 11.7. The van der Waals surface area contributed by atoms with Gasteiger partial charge in [-0.1, -0.05) is 74.4 Å². The Kier molecular flexibility index (Phi) is 10.8. The highest BCUT2D eigenvalue weighted by molar-refractivity contribution is 7.90. The molecule has 0 radical (unpaired) electrons. The third-order valence-electron chi connectivity index (χ3n) is 8.15. The number of nitrogens with zero attached hydrogens (tertiary/aromatic N) is 1. The van der Waals surface area contributed by atoms with Crippen LogP contribution in [0, 0.1) is 23.7 Å². The van der Waals surface area contributed by atoms with E-state index in [1.165, 1.54) is 17.4 Å². The number of benzene rings is 3. The van der Waals surface area contributed by atoms with E-state index in [-0.39, 0.29) is 24.2 Å². The standard InChI is InChI=1S/C36H41NO5S/c1-5-6-35(26(2)23-36(38)39)27(3)30-11-15-33(16-12-30)42-25-29-9-7-28(8-10-29)24-37-21-19-32(20-22-37)31-13-17-34(18-14-31)43(4,40)41/h7-19,26-27,35H,20-25H2,1-4H3,(H,38,39)/t26?,27?,35-/m0/s1. The van der Waals surface area contributed by atoms with Gasteiger partial charge in [-0.3, -0.25) is 9.69 Å². The maximum Gasteiger partial charge on any atom is 0.303 e. The molecule has 2 unspecified atom stereocenters. The Morgan fingerprint density at radius 1 is 0.977 bits per heavy atom. The Morgan fingerprint density at radius 2 is 1.63 bits per heavy atom. The van der Waals surface area contributed by atoms with E-state index < -0.39 is 15.8 Å². The summed E-state index contributed by atoms with van der Waals surface area (Å²) in [5.74, 6) is 6.23. The summed E-state index contributed by atoms with van der Waals surface area (Å²) in [6.07, 6.45) is 4.50. The van der Waals surface area contributed by atoms with Gasteiger partial charge >= 0.3 is 5.97 Å². The summed E-state index contributed by atoms with van der Waals surface area (Å²) >= 11 is 0. The molecule has 0 spiro atoms. The van der Waals surface area contributed by atoms with Crippen LogP contribution in [-0.4, -0.2) is 43.7 Å². The van der Waals surface area contributed by atoms with Gasteiger partial charge in [0.1, 0.15) is 12.4 Å². The summed E-state index contributed by atoms with van der Waals surface area (Å²) in [5, 5.41) is 9.22. The van der Waals surface area contributed by atoms with Crippen LogP contribution in [0.3, 0.4) is 0 Å². The second-order valence-corrected chi connectivity index (χ2v) is 13.5. The van der Waals surface area contributed by atoms with Gasteiger partial charge in [-0.05, 0) is 77.3 Å². The molecule has 1 aliphatic heterocycles. The van der Waals surface area contributed by atoms with Gasteiger partial charge in [-0.15, -0.1) is 5.92 Å². The molecule has 0 aliphatic carbocycles. The summed E-state index contributed by atoms with van der Waals surface area (Å²) < 4.78 is 29.5. The minimum Gasteiger partial charge on any atom is -0.489 e. The summed E-state index contributed by atoms with van der Waals surface area (Å²) in [6.45, 7) is 9.00. The number of ether oxygens (including phenoxy) is 1. The van der Waals surface area contributed by atoms with Gasteiger partial charge < -0.3 is 9.84 Å². The van der Waals surface area contributed by atoms with Crippen LogP contribution >= 0.6 is 0 Å². The van der Waals surface area contributed by atoms with Crippen molar-refractivity contribution in [1.82, 2.24) is 4.90 Å². The molecule has 226 valence electrons. The second-order valence-electron chi connectivity index (χ2n) is 11.5. The average Bonchev–Trinajstić information content (AvgIpc) is 2.99. The van der Waals surface area contributed by atoms with Crippen LogP contribution in [0.25, 0.3) is 5.57 Å². The van der Waals surface area contributed by atoms with E-state index in [9.17, 15) is 18.3 Å². The van der Waals surface area contributed by atoms with Crippen molar-refractivity contribution < 1.29 is 23.1 Å². The van der Waals surface area contributed by atoms with Crippen LogP contribution in [-0.2, 0) is 27.8 Å². The van der Waals surface area contributed by atoms with E-state index in [2.05, 4.69) is 54.0 Å². The molecule has 0 fully saturated rings. The maximum atomic E-state index is 11.7. The lowest BCUT2D eigenvalue weighted by Gasteiger charge is -2.26. The largest absolute Gasteiger partial charge is 0.489 e. The van der Waals surface area contributed by atoms with E-state index in [1.807, 2.05) is 43.3 Å². The topological polar surface area (TPSA) is 83.9 Å². The monoisotopic (exact) mass is 599 g/mol. The van der Waals surface area contributed by atoms with E-state index in [0.29, 0.717) is 11.5 Å². The molecule has 3 aromatic carbocycles. The molecule has 0 amide bonds. The summed E-state index contributed by atoms with van der Waals surface area (Å²) in [5.41, 5.74) is 5.80. The highest BCUT2D eigenvalue weighted by Gasteiger charge is 2.25. The molecule has 6 nitrogen and oxygen atoms in total. The predicted molar refractivity (Wildman–Crippen MR) is 171 cm³/mol. The van der Waals surface area contributed by atoms with Gasteiger partial charge in [0, 0.05) is 38.2 Å². The number of carboxylic acids is 1. The number of hydrogen-bond acceptors (Lipinski definition) is 5. The fraction of sp³-hybridized carbons (Fsp3) is 0.361.